The standard InChI is InChI=1S/C17H20FN5O2/c1-25-7-6-23-11-12(8-16(23)24)9-19-17-21-15(10-20-22-17)13-2-4-14(18)5-3-13/h2-5,10,12H,6-9,11H2,1H3,(H,19,21,22)/t12-/m0/s1. The third kappa shape index (κ3) is 4.48. The number of amides is 1. The maximum Gasteiger partial charge on any atom is 0.243 e. The molecular formula is C17H20FN5O2. The molecule has 1 aliphatic heterocycles. The third-order valence-corrected chi connectivity index (χ3v) is 4.11. The minimum atomic E-state index is -0.298. The number of anilines is 1. The molecular weight excluding hydrogens is 325 g/mol. The molecule has 0 radical (unpaired) electrons. The molecule has 1 fully saturated rings. The number of halogens is 1. The Bertz CT molecular complexity index is 725. The largest absolute Gasteiger partial charge is 0.383 e. The molecule has 0 aliphatic carbocycles. The van der Waals surface area contributed by atoms with Crippen LogP contribution in [0.25, 0.3) is 11.3 Å². The van der Waals surface area contributed by atoms with E-state index in [0.717, 1.165) is 5.56 Å². The minimum Gasteiger partial charge on any atom is -0.383 e. The predicted octanol–water partition coefficient (Wildman–Crippen LogP) is 1.58. The van der Waals surface area contributed by atoms with E-state index < -0.39 is 0 Å². The number of aromatic nitrogens is 3. The van der Waals surface area contributed by atoms with Gasteiger partial charge < -0.3 is 15.0 Å². The summed E-state index contributed by atoms with van der Waals surface area (Å²) in [6, 6.07) is 6.05. The van der Waals surface area contributed by atoms with Gasteiger partial charge in [0, 0.05) is 44.6 Å². The van der Waals surface area contributed by atoms with Crippen LogP contribution in [0.3, 0.4) is 0 Å². The number of nitrogens with zero attached hydrogens (tertiary/aromatic N) is 4. The third-order valence-electron chi connectivity index (χ3n) is 4.11. The number of carbonyl (C=O) groups excluding carboxylic acids is 1. The molecule has 1 aliphatic rings. The molecule has 1 aromatic carbocycles. The molecule has 25 heavy (non-hydrogen) atoms. The molecule has 1 N–H and O–H groups in total. The Morgan fingerprint density at radius 2 is 2.16 bits per heavy atom. The number of hydrogen-bond acceptors (Lipinski definition) is 6. The van der Waals surface area contributed by atoms with Crippen LogP contribution >= 0.6 is 0 Å². The summed E-state index contributed by atoms with van der Waals surface area (Å²) in [4.78, 5) is 18.1. The summed E-state index contributed by atoms with van der Waals surface area (Å²) < 4.78 is 18.0. The zero-order valence-corrected chi connectivity index (χ0v) is 14.0. The molecule has 0 bridgehead atoms. The zero-order chi connectivity index (χ0) is 17.6. The van der Waals surface area contributed by atoms with E-state index in [1.54, 1.807) is 19.2 Å². The highest BCUT2D eigenvalue weighted by Crippen LogP contribution is 2.19. The van der Waals surface area contributed by atoms with Crippen molar-refractivity contribution in [3.05, 3.63) is 36.3 Å². The van der Waals surface area contributed by atoms with Crippen molar-refractivity contribution in [1.82, 2.24) is 20.1 Å². The lowest BCUT2D eigenvalue weighted by atomic mass is 10.1. The lowest BCUT2D eigenvalue weighted by Crippen LogP contribution is -2.29. The molecule has 7 nitrogen and oxygen atoms in total. The summed E-state index contributed by atoms with van der Waals surface area (Å²) in [7, 11) is 1.62. The first-order valence-electron chi connectivity index (χ1n) is 8.12. The molecule has 8 heteroatoms. The summed E-state index contributed by atoms with van der Waals surface area (Å²) in [5.41, 5.74) is 1.38. The van der Waals surface area contributed by atoms with Crippen LogP contribution in [0.1, 0.15) is 6.42 Å². The molecule has 2 aromatic rings. The van der Waals surface area contributed by atoms with E-state index in [4.69, 9.17) is 4.74 Å². The topological polar surface area (TPSA) is 80.2 Å². The van der Waals surface area contributed by atoms with Crippen molar-refractivity contribution in [3.8, 4) is 11.3 Å². The van der Waals surface area contributed by atoms with Crippen LogP contribution < -0.4 is 5.32 Å². The molecule has 2 heterocycles. The first-order chi connectivity index (χ1) is 12.2. The summed E-state index contributed by atoms with van der Waals surface area (Å²) in [6.07, 6.45) is 2.03. The van der Waals surface area contributed by atoms with Gasteiger partial charge in [-0.3, -0.25) is 4.79 Å². The number of ether oxygens (including phenoxy) is 1. The first kappa shape index (κ1) is 17.2. The van der Waals surface area contributed by atoms with Crippen molar-refractivity contribution in [1.29, 1.82) is 0 Å². The fourth-order valence-corrected chi connectivity index (χ4v) is 2.78. The maximum absolute atomic E-state index is 13.0. The normalized spacial score (nSPS) is 17.1. The van der Waals surface area contributed by atoms with E-state index in [-0.39, 0.29) is 17.6 Å². The fraction of sp³-hybridized carbons (Fsp3) is 0.412. The van der Waals surface area contributed by atoms with Gasteiger partial charge >= 0.3 is 0 Å². The van der Waals surface area contributed by atoms with Crippen LogP contribution in [0.4, 0.5) is 10.3 Å². The number of likely N-dealkylation sites (tertiary alicyclic amines) is 1. The number of carbonyl (C=O) groups is 1. The van der Waals surface area contributed by atoms with E-state index in [0.29, 0.717) is 44.3 Å². The van der Waals surface area contributed by atoms with Gasteiger partial charge in [0.25, 0.3) is 0 Å². The predicted molar refractivity (Wildman–Crippen MR) is 90.3 cm³/mol. The van der Waals surface area contributed by atoms with Crippen molar-refractivity contribution in [2.75, 3.05) is 38.7 Å². The second kappa shape index (κ2) is 7.98. The van der Waals surface area contributed by atoms with Crippen molar-refractivity contribution in [3.63, 3.8) is 0 Å². The highest BCUT2D eigenvalue weighted by atomic mass is 19.1. The second-order valence-corrected chi connectivity index (χ2v) is 5.96. The van der Waals surface area contributed by atoms with Crippen molar-refractivity contribution >= 4 is 11.9 Å². The number of hydrogen-bond donors (Lipinski definition) is 1. The summed E-state index contributed by atoms with van der Waals surface area (Å²) >= 11 is 0. The van der Waals surface area contributed by atoms with E-state index in [2.05, 4.69) is 20.5 Å². The SMILES string of the molecule is COCCN1C[C@H](CNc2nncc(-c3ccc(F)cc3)n2)CC1=O. The lowest BCUT2D eigenvalue weighted by molar-refractivity contribution is -0.128. The zero-order valence-electron chi connectivity index (χ0n) is 14.0. The van der Waals surface area contributed by atoms with Gasteiger partial charge in [0.15, 0.2) is 0 Å². The average Bonchev–Trinajstić information content (AvgIpc) is 2.99. The Labute approximate surface area is 145 Å². The van der Waals surface area contributed by atoms with Crippen LogP contribution in [-0.4, -0.2) is 59.3 Å². The number of methoxy groups -OCH3 is 1. The number of nitrogens with one attached hydrogen (secondary N) is 1. The van der Waals surface area contributed by atoms with Gasteiger partial charge in [-0.25, -0.2) is 9.37 Å². The van der Waals surface area contributed by atoms with Gasteiger partial charge in [-0.05, 0) is 24.3 Å². The Morgan fingerprint density at radius 3 is 2.92 bits per heavy atom. The quantitative estimate of drug-likeness (QED) is 0.821. The van der Waals surface area contributed by atoms with Gasteiger partial charge in [-0.2, -0.15) is 5.10 Å². The minimum absolute atomic E-state index is 0.142. The van der Waals surface area contributed by atoms with Crippen molar-refractivity contribution in [2.45, 2.75) is 6.42 Å². The van der Waals surface area contributed by atoms with Crippen LogP contribution in [-0.2, 0) is 9.53 Å². The number of benzene rings is 1. The van der Waals surface area contributed by atoms with Gasteiger partial charge in [0.05, 0.1) is 18.5 Å². The van der Waals surface area contributed by atoms with E-state index in [1.807, 2.05) is 4.90 Å². The molecule has 0 spiro atoms. The Morgan fingerprint density at radius 1 is 1.36 bits per heavy atom. The van der Waals surface area contributed by atoms with E-state index in [9.17, 15) is 9.18 Å². The summed E-state index contributed by atoms with van der Waals surface area (Å²) in [6.45, 7) is 2.44. The molecule has 1 aromatic heterocycles. The van der Waals surface area contributed by atoms with Crippen LogP contribution in [0.2, 0.25) is 0 Å². The first-order valence-corrected chi connectivity index (χ1v) is 8.12. The molecule has 1 amide bonds. The Balaban J connectivity index is 1.58. The molecule has 0 saturated carbocycles. The van der Waals surface area contributed by atoms with Crippen molar-refractivity contribution < 1.29 is 13.9 Å². The van der Waals surface area contributed by atoms with Crippen LogP contribution in [0.15, 0.2) is 30.5 Å². The van der Waals surface area contributed by atoms with Crippen molar-refractivity contribution in [2.24, 2.45) is 5.92 Å². The highest BCUT2D eigenvalue weighted by molar-refractivity contribution is 5.78. The van der Waals surface area contributed by atoms with Crippen LogP contribution in [0.5, 0.6) is 0 Å². The Kier molecular flexibility index (Phi) is 5.49. The second-order valence-electron chi connectivity index (χ2n) is 5.96. The highest BCUT2D eigenvalue weighted by Gasteiger charge is 2.29. The molecule has 3 rings (SSSR count). The fourth-order valence-electron chi connectivity index (χ4n) is 2.78. The maximum atomic E-state index is 13.0. The van der Waals surface area contributed by atoms with Crippen LogP contribution in [0, 0.1) is 11.7 Å². The van der Waals surface area contributed by atoms with Gasteiger partial charge in [0.2, 0.25) is 11.9 Å². The lowest BCUT2D eigenvalue weighted by Gasteiger charge is -2.16. The van der Waals surface area contributed by atoms with E-state index in [1.165, 1.54) is 18.3 Å². The summed E-state index contributed by atoms with van der Waals surface area (Å²) in [5.74, 6) is 0.433. The molecule has 1 atom stereocenters. The van der Waals surface area contributed by atoms with Gasteiger partial charge in [-0.15, -0.1) is 5.10 Å². The monoisotopic (exact) mass is 345 g/mol. The molecule has 132 valence electrons. The summed E-state index contributed by atoms with van der Waals surface area (Å²) in [5, 5.41) is 11.0. The molecule has 1 saturated heterocycles. The number of rotatable bonds is 7. The Hall–Kier alpha value is -2.61. The smallest absolute Gasteiger partial charge is 0.243 e. The molecule has 0 unspecified atom stereocenters. The average molecular weight is 345 g/mol. The van der Waals surface area contributed by atoms with E-state index >= 15 is 0 Å². The van der Waals surface area contributed by atoms with Gasteiger partial charge in [-0.1, -0.05) is 0 Å². The van der Waals surface area contributed by atoms with Gasteiger partial charge in [0.1, 0.15) is 5.82 Å².